The maximum atomic E-state index is 5.79. The molecule has 4 nitrogen and oxygen atoms in total. The quantitative estimate of drug-likeness (QED) is 0.924. The number of aromatic nitrogens is 2. The molecule has 0 saturated heterocycles. The van der Waals surface area contributed by atoms with Gasteiger partial charge < -0.3 is 10.6 Å². The zero-order valence-corrected chi connectivity index (χ0v) is 11.3. The lowest BCUT2D eigenvalue weighted by atomic mass is 10.1. The second kappa shape index (κ2) is 4.71. The van der Waals surface area contributed by atoms with Crippen molar-refractivity contribution < 1.29 is 0 Å². The highest BCUT2D eigenvalue weighted by Gasteiger charge is 2.08. The average Bonchev–Trinajstić information content (AvgIpc) is 2.28. The number of nitrogens with two attached hydrogens (primary N) is 1. The van der Waals surface area contributed by atoms with Crippen LogP contribution in [-0.4, -0.2) is 24.1 Å². The predicted molar refractivity (Wildman–Crippen MR) is 73.9 cm³/mol. The third-order valence-corrected chi connectivity index (χ3v) is 2.98. The van der Waals surface area contributed by atoms with Crippen molar-refractivity contribution in [3.8, 4) is 11.3 Å². The van der Waals surface area contributed by atoms with Gasteiger partial charge in [-0.1, -0.05) is 34.1 Å². The number of halogens is 1. The van der Waals surface area contributed by atoms with Gasteiger partial charge in [-0.25, -0.2) is 4.98 Å². The topological polar surface area (TPSA) is 55.0 Å². The third-order valence-electron chi connectivity index (χ3n) is 2.28. The standard InChI is InChI=1S/C12H13BrN4/c1-17(2)12-15-10(7-11(14)16-12)8-5-3-4-6-9(8)13/h3-7H,1-2H3,(H2,14,15,16). The van der Waals surface area contributed by atoms with E-state index in [1.165, 1.54) is 0 Å². The van der Waals surface area contributed by atoms with E-state index in [0.717, 1.165) is 15.7 Å². The summed E-state index contributed by atoms with van der Waals surface area (Å²) in [4.78, 5) is 10.5. The largest absolute Gasteiger partial charge is 0.384 e. The first-order valence-corrected chi connectivity index (χ1v) is 5.94. The molecule has 1 heterocycles. The lowest BCUT2D eigenvalue weighted by molar-refractivity contribution is 1.01. The molecule has 1 aromatic heterocycles. The average molecular weight is 293 g/mol. The van der Waals surface area contributed by atoms with Gasteiger partial charge in [0, 0.05) is 30.2 Å². The molecular formula is C12H13BrN4. The van der Waals surface area contributed by atoms with Crippen LogP contribution < -0.4 is 10.6 Å². The Labute approximate surface area is 109 Å². The maximum absolute atomic E-state index is 5.79. The molecule has 0 bridgehead atoms. The highest BCUT2D eigenvalue weighted by molar-refractivity contribution is 9.10. The van der Waals surface area contributed by atoms with Crippen LogP contribution in [0.2, 0.25) is 0 Å². The van der Waals surface area contributed by atoms with Crippen LogP contribution in [-0.2, 0) is 0 Å². The van der Waals surface area contributed by atoms with Gasteiger partial charge >= 0.3 is 0 Å². The SMILES string of the molecule is CN(C)c1nc(N)cc(-c2ccccc2Br)n1. The molecule has 0 radical (unpaired) electrons. The Morgan fingerprint density at radius 2 is 1.88 bits per heavy atom. The Morgan fingerprint density at radius 3 is 2.53 bits per heavy atom. The fourth-order valence-corrected chi connectivity index (χ4v) is 1.95. The van der Waals surface area contributed by atoms with Gasteiger partial charge in [-0.2, -0.15) is 4.98 Å². The van der Waals surface area contributed by atoms with E-state index in [0.29, 0.717) is 11.8 Å². The van der Waals surface area contributed by atoms with Crippen molar-refractivity contribution in [1.82, 2.24) is 9.97 Å². The predicted octanol–water partition coefficient (Wildman–Crippen LogP) is 2.55. The van der Waals surface area contributed by atoms with Crippen LogP contribution >= 0.6 is 15.9 Å². The summed E-state index contributed by atoms with van der Waals surface area (Å²) in [6.45, 7) is 0. The van der Waals surface area contributed by atoms with E-state index in [-0.39, 0.29) is 0 Å². The molecule has 0 spiro atoms. The molecule has 2 aromatic rings. The molecule has 0 saturated carbocycles. The summed E-state index contributed by atoms with van der Waals surface area (Å²) in [6, 6.07) is 9.67. The number of nitrogens with zero attached hydrogens (tertiary/aromatic N) is 3. The smallest absolute Gasteiger partial charge is 0.227 e. The molecule has 0 aliphatic carbocycles. The maximum Gasteiger partial charge on any atom is 0.227 e. The Balaban J connectivity index is 2.56. The van der Waals surface area contributed by atoms with E-state index >= 15 is 0 Å². The number of hydrogen-bond donors (Lipinski definition) is 1. The molecule has 2 rings (SSSR count). The minimum atomic E-state index is 0.467. The molecule has 0 atom stereocenters. The zero-order valence-electron chi connectivity index (χ0n) is 9.68. The van der Waals surface area contributed by atoms with Gasteiger partial charge in [0.25, 0.3) is 0 Å². The Hall–Kier alpha value is -1.62. The molecule has 5 heteroatoms. The van der Waals surface area contributed by atoms with Crippen molar-refractivity contribution in [1.29, 1.82) is 0 Å². The van der Waals surface area contributed by atoms with Crippen molar-refractivity contribution in [2.75, 3.05) is 24.7 Å². The first kappa shape index (κ1) is 11.9. The molecule has 0 aliphatic rings. The second-order valence-electron chi connectivity index (χ2n) is 3.85. The molecular weight excluding hydrogens is 280 g/mol. The Morgan fingerprint density at radius 1 is 1.18 bits per heavy atom. The van der Waals surface area contributed by atoms with Crippen LogP contribution in [0.15, 0.2) is 34.8 Å². The van der Waals surface area contributed by atoms with Gasteiger partial charge in [-0.3, -0.25) is 0 Å². The highest BCUT2D eigenvalue weighted by atomic mass is 79.9. The number of hydrogen-bond acceptors (Lipinski definition) is 4. The van der Waals surface area contributed by atoms with E-state index < -0.39 is 0 Å². The Bertz CT molecular complexity index is 540. The van der Waals surface area contributed by atoms with E-state index in [2.05, 4.69) is 25.9 Å². The van der Waals surface area contributed by atoms with Crippen molar-refractivity contribution >= 4 is 27.7 Å². The normalized spacial score (nSPS) is 10.3. The van der Waals surface area contributed by atoms with Crippen LogP contribution in [0.5, 0.6) is 0 Å². The van der Waals surface area contributed by atoms with E-state index in [1.54, 1.807) is 6.07 Å². The number of rotatable bonds is 2. The number of anilines is 2. The molecule has 0 amide bonds. The molecule has 17 heavy (non-hydrogen) atoms. The van der Waals surface area contributed by atoms with Gasteiger partial charge in [0.2, 0.25) is 5.95 Å². The molecule has 1 aromatic carbocycles. The summed E-state index contributed by atoms with van der Waals surface area (Å²) >= 11 is 3.50. The van der Waals surface area contributed by atoms with Crippen LogP contribution in [0.4, 0.5) is 11.8 Å². The van der Waals surface area contributed by atoms with Gasteiger partial charge in [-0.05, 0) is 6.07 Å². The number of nitrogen functional groups attached to an aromatic ring is 1. The summed E-state index contributed by atoms with van der Waals surface area (Å²) in [5.41, 5.74) is 7.61. The highest BCUT2D eigenvalue weighted by Crippen LogP contribution is 2.28. The minimum Gasteiger partial charge on any atom is -0.384 e. The summed E-state index contributed by atoms with van der Waals surface area (Å²) in [6.07, 6.45) is 0. The molecule has 0 fully saturated rings. The fraction of sp³-hybridized carbons (Fsp3) is 0.167. The monoisotopic (exact) mass is 292 g/mol. The lowest BCUT2D eigenvalue weighted by Gasteiger charge is -2.12. The van der Waals surface area contributed by atoms with Crippen molar-refractivity contribution in [3.63, 3.8) is 0 Å². The van der Waals surface area contributed by atoms with Crippen molar-refractivity contribution in [2.45, 2.75) is 0 Å². The third kappa shape index (κ3) is 2.55. The second-order valence-corrected chi connectivity index (χ2v) is 4.71. The van der Waals surface area contributed by atoms with E-state index in [1.807, 2.05) is 43.3 Å². The summed E-state index contributed by atoms with van der Waals surface area (Å²) in [5, 5.41) is 0. The first-order chi connectivity index (χ1) is 8.08. The van der Waals surface area contributed by atoms with Crippen LogP contribution in [0.3, 0.4) is 0 Å². The Kier molecular flexibility index (Phi) is 3.28. The molecule has 0 aliphatic heterocycles. The van der Waals surface area contributed by atoms with E-state index in [4.69, 9.17) is 5.73 Å². The van der Waals surface area contributed by atoms with E-state index in [9.17, 15) is 0 Å². The lowest BCUT2D eigenvalue weighted by Crippen LogP contribution is -2.14. The summed E-state index contributed by atoms with van der Waals surface area (Å²) in [5.74, 6) is 1.07. The van der Waals surface area contributed by atoms with Crippen LogP contribution in [0, 0.1) is 0 Å². The summed E-state index contributed by atoms with van der Waals surface area (Å²) in [7, 11) is 3.77. The van der Waals surface area contributed by atoms with Gasteiger partial charge in [0.05, 0.1) is 5.69 Å². The van der Waals surface area contributed by atoms with Crippen molar-refractivity contribution in [3.05, 3.63) is 34.8 Å². The molecule has 2 N–H and O–H groups in total. The van der Waals surface area contributed by atoms with Gasteiger partial charge in [0.15, 0.2) is 0 Å². The molecule has 88 valence electrons. The first-order valence-electron chi connectivity index (χ1n) is 5.14. The van der Waals surface area contributed by atoms with Gasteiger partial charge in [0.1, 0.15) is 5.82 Å². The number of benzene rings is 1. The van der Waals surface area contributed by atoms with Crippen LogP contribution in [0.25, 0.3) is 11.3 Å². The zero-order chi connectivity index (χ0) is 12.4. The fourth-order valence-electron chi connectivity index (χ4n) is 1.46. The summed E-state index contributed by atoms with van der Waals surface area (Å²) < 4.78 is 0.989. The minimum absolute atomic E-state index is 0.467. The molecule has 0 unspecified atom stereocenters. The van der Waals surface area contributed by atoms with Gasteiger partial charge in [-0.15, -0.1) is 0 Å². The van der Waals surface area contributed by atoms with Crippen LogP contribution in [0.1, 0.15) is 0 Å². The van der Waals surface area contributed by atoms with Crippen molar-refractivity contribution in [2.24, 2.45) is 0 Å².